The molecule has 1 saturated heterocycles. The van der Waals surface area contributed by atoms with Crippen molar-refractivity contribution in [2.24, 2.45) is 7.05 Å². The van der Waals surface area contributed by atoms with E-state index in [9.17, 15) is 4.79 Å². The van der Waals surface area contributed by atoms with Crippen LogP contribution in [0, 0.1) is 0 Å². The Morgan fingerprint density at radius 2 is 2.50 bits per heavy atom. The molecule has 0 amide bonds. The van der Waals surface area contributed by atoms with Crippen molar-refractivity contribution in [2.75, 3.05) is 18.9 Å². The Labute approximate surface area is 80.6 Å². The van der Waals surface area contributed by atoms with Gasteiger partial charge in [-0.05, 0) is 0 Å². The zero-order valence-electron chi connectivity index (χ0n) is 7.77. The lowest BCUT2D eigenvalue weighted by Gasteiger charge is -2.25. The molecule has 0 aliphatic carbocycles. The number of ether oxygens (including phenoxy) is 2. The number of nitrogens with two attached hydrogens (primary N) is 1. The summed E-state index contributed by atoms with van der Waals surface area (Å²) in [5.74, 6) is -0.489. The molecule has 1 aliphatic heterocycles. The first-order valence-corrected chi connectivity index (χ1v) is 4.24. The third-order valence-electron chi connectivity index (χ3n) is 1.93. The molecule has 1 fully saturated rings. The zero-order valence-corrected chi connectivity index (χ0v) is 7.77. The molecule has 0 spiro atoms. The Hall–Kier alpha value is -1.56. The van der Waals surface area contributed by atoms with Gasteiger partial charge in [-0.15, -0.1) is 0 Å². The highest BCUT2D eigenvalue weighted by atomic mass is 16.6. The Balaban J connectivity index is 2.06. The summed E-state index contributed by atoms with van der Waals surface area (Å²) in [7, 11) is 1.69. The molecule has 1 aromatic rings. The van der Waals surface area contributed by atoms with Gasteiger partial charge in [0.2, 0.25) is 0 Å². The number of nitrogen functional groups attached to an aromatic ring is 1. The van der Waals surface area contributed by atoms with Crippen molar-refractivity contribution < 1.29 is 14.3 Å². The molecular weight excluding hydrogens is 186 g/mol. The van der Waals surface area contributed by atoms with E-state index < -0.39 is 5.97 Å². The van der Waals surface area contributed by atoms with Crippen molar-refractivity contribution in [3.8, 4) is 0 Å². The Morgan fingerprint density at radius 3 is 2.93 bits per heavy atom. The van der Waals surface area contributed by atoms with Crippen LogP contribution in [0.4, 0.5) is 5.69 Å². The van der Waals surface area contributed by atoms with E-state index in [2.05, 4.69) is 5.10 Å². The first-order valence-electron chi connectivity index (χ1n) is 4.24. The lowest BCUT2D eigenvalue weighted by molar-refractivity contribution is -0.103. The van der Waals surface area contributed by atoms with Gasteiger partial charge in [-0.2, -0.15) is 5.10 Å². The number of esters is 1. The molecule has 1 aliphatic rings. The second kappa shape index (κ2) is 3.30. The Kier molecular flexibility index (Phi) is 2.12. The summed E-state index contributed by atoms with van der Waals surface area (Å²) in [6.07, 6.45) is 1.41. The molecule has 6 heteroatoms. The molecule has 2 rings (SSSR count). The van der Waals surface area contributed by atoms with Crippen LogP contribution in [0.3, 0.4) is 0 Å². The van der Waals surface area contributed by atoms with Gasteiger partial charge >= 0.3 is 5.97 Å². The summed E-state index contributed by atoms with van der Waals surface area (Å²) in [5.41, 5.74) is 6.06. The third-order valence-corrected chi connectivity index (χ3v) is 1.93. The summed E-state index contributed by atoms with van der Waals surface area (Å²) >= 11 is 0. The van der Waals surface area contributed by atoms with E-state index in [4.69, 9.17) is 15.2 Å². The van der Waals surface area contributed by atoms with Gasteiger partial charge in [0, 0.05) is 13.2 Å². The average molecular weight is 197 g/mol. The topological polar surface area (TPSA) is 79.4 Å². The number of aryl methyl sites for hydroxylation is 1. The molecule has 6 nitrogen and oxygen atoms in total. The monoisotopic (exact) mass is 197 g/mol. The quantitative estimate of drug-likeness (QED) is 0.650. The highest BCUT2D eigenvalue weighted by molar-refractivity contribution is 5.92. The van der Waals surface area contributed by atoms with E-state index in [1.807, 2.05) is 0 Å². The number of hydrogen-bond donors (Lipinski definition) is 1. The van der Waals surface area contributed by atoms with Crippen LogP contribution in [0.2, 0.25) is 0 Å². The van der Waals surface area contributed by atoms with Crippen LogP contribution in [-0.2, 0) is 16.5 Å². The minimum Gasteiger partial charge on any atom is -0.453 e. The second-order valence-corrected chi connectivity index (χ2v) is 3.17. The minimum absolute atomic E-state index is 0.149. The molecule has 0 radical (unpaired) electrons. The number of aromatic nitrogens is 2. The van der Waals surface area contributed by atoms with E-state index in [1.54, 1.807) is 13.2 Å². The smallest absolute Gasteiger partial charge is 0.361 e. The number of anilines is 1. The fourth-order valence-corrected chi connectivity index (χ4v) is 1.15. The number of hydrogen-bond acceptors (Lipinski definition) is 5. The van der Waals surface area contributed by atoms with Gasteiger partial charge in [0.15, 0.2) is 5.69 Å². The van der Waals surface area contributed by atoms with Crippen LogP contribution >= 0.6 is 0 Å². The summed E-state index contributed by atoms with van der Waals surface area (Å²) < 4.78 is 11.4. The number of carbonyl (C=O) groups is 1. The molecule has 76 valence electrons. The maximum absolute atomic E-state index is 11.4. The molecule has 0 unspecified atom stereocenters. The van der Waals surface area contributed by atoms with Crippen LogP contribution in [0.1, 0.15) is 10.5 Å². The third kappa shape index (κ3) is 1.56. The number of carbonyl (C=O) groups excluding carboxylic acids is 1. The minimum atomic E-state index is -0.489. The molecule has 0 bridgehead atoms. The van der Waals surface area contributed by atoms with E-state index in [0.29, 0.717) is 18.9 Å². The van der Waals surface area contributed by atoms with Gasteiger partial charge in [0.05, 0.1) is 18.9 Å². The number of rotatable bonds is 2. The van der Waals surface area contributed by atoms with E-state index in [-0.39, 0.29) is 11.8 Å². The van der Waals surface area contributed by atoms with Crippen molar-refractivity contribution in [3.05, 3.63) is 11.9 Å². The fraction of sp³-hybridized carbons (Fsp3) is 0.500. The van der Waals surface area contributed by atoms with Crippen LogP contribution < -0.4 is 5.73 Å². The molecule has 0 atom stereocenters. The maximum Gasteiger partial charge on any atom is 0.361 e. The van der Waals surface area contributed by atoms with Gasteiger partial charge in [0.25, 0.3) is 0 Å². The Bertz CT molecular complexity index is 357. The van der Waals surface area contributed by atoms with Crippen molar-refractivity contribution in [2.45, 2.75) is 6.10 Å². The SMILES string of the molecule is Cn1cc(N)c(C(=O)OC2COC2)n1. The molecule has 0 saturated carbocycles. The first kappa shape index (κ1) is 9.01. The standard InChI is InChI=1S/C8H11N3O3/c1-11-2-6(9)7(10-11)8(12)14-5-3-13-4-5/h2,5H,3-4,9H2,1H3. The van der Waals surface area contributed by atoms with Crippen molar-refractivity contribution in [1.29, 1.82) is 0 Å². The molecule has 2 N–H and O–H groups in total. The van der Waals surface area contributed by atoms with Gasteiger partial charge < -0.3 is 15.2 Å². The highest BCUT2D eigenvalue weighted by Gasteiger charge is 2.25. The highest BCUT2D eigenvalue weighted by Crippen LogP contribution is 2.13. The van der Waals surface area contributed by atoms with E-state index >= 15 is 0 Å². The van der Waals surface area contributed by atoms with Crippen LogP contribution in [0.25, 0.3) is 0 Å². The molecule has 1 aromatic heterocycles. The van der Waals surface area contributed by atoms with Crippen molar-refractivity contribution in [3.63, 3.8) is 0 Å². The van der Waals surface area contributed by atoms with Gasteiger partial charge in [0.1, 0.15) is 6.10 Å². The first-order chi connectivity index (χ1) is 6.66. The lowest BCUT2D eigenvalue weighted by Crippen LogP contribution is -2.38. The zero-order chi connectivity index (χ0) is 10.1. The van der Waals surface area contributed by atoms with E-state index in [0.717, 1.165) is 0 Å². The number of nitrogens with zero attached hydrogens (tertiary/aromatic N) is 2. The van der Waals surface area contributed by atoms with Crippen molar-refractivity contribution >= 4 is 11.7 Å². The molecule has 14 heavy (non-hydrogen) atoms. The lowest BCUT2D eigenvalue weighted by atomic mass is 10.3. The predicted octanol–water partition coefficient (Wildman–Crippen LogP) is -0.442. The van der Waals surface area contributed by atoms with Crippen LogP contribution in [-0.4, -0.2) is 35.1 Å². The van der Waals surface area contributed by atoms with Crippen molar-refractivity contribution in [1.82, 2.24) is 9.78 Å². The predicted molar refractivity (Wildman–Crippen MR) is 47.6 cm³/mol. The Morgan fingerprint density at radius 1 is 1.79 bits per heavy atom. The summed E-state index contributed by atoms with van der Waals surface area (Å²) in [5, 5.41) is 3.90. The van der Waals surface area contributed by atoms with Gasteiger partial charge in [-0.3, -0.25) is 4.68 Å². The summed E-state index contributed by atoms with van der Waals surface area (Å²) in [6, 6.07) is 0. The summed E-state index contributed by atoms with van der Waals surface area (Å²) in [4.78, 5) is 11.4. The van der Waals surface area contributed by atoms with Gasteiger partial charge in [-0.25, -0.2) is 4.79 Å². The molecule has 2 heterocycles. The molecule has 0 aromatic carbocycles. The summed E-state index contributed by atoms with van der Waals surface area (Å²) in [6.45, 7) is 0.914. The molecular formula is C8H11N3O3. The van der Waals surface area contributed by atoms with Gasteiger partial charge in [-0.1, -0.05) is 0 Å². The maximum atomic E-state index is 11.4. The van der Waals surface area contributed by atoms with Crippen LogP contribution in [0.15, 0.2) is 6.20 Å². The van der Waals surface area contributed by atoms with E-state index in [1.165, 1.54) is 4.68 Å². The normalized spacial score (nSPS) is 16.4. The largest absolute Gasteiger partial charge is 0.453 e. The average Bonchev–Trinajstić information content (AvgIpc) is 2.37. The second-order valence-electron chi connectivity index (χ2n) is 3.17. The van der Waals surface area contributed by atoms with Crippen LogP contribution in [0.5, 0.6) is 0 Å². The fourth-order valence-electron chi connectivity index (χ4n) is 1.15.